The highest BCUT2D eigenvalue weighted by atomic mass is 16.5. The fourth-order valence-corrected chi connectivity index (χ4v) is 1.49. The average molecular weight is 238 g/mol. The van der Waals surface area contributed by atoms with Crippen LogP contribution in [0.1, 0.15) is 18.9 Å². The van der Waals surface area contributed by atoms with Crippen molar-refractivity contribution in [2.45, 2.75) is 25.9 Å². The van der Waals surface area contributed by atoms with Crippen LogP contribution in [0.15, 0.2) is 24.3 Å². The number of benzene rings is 1. The lowest BCUT2D eigenvalue weighted by molar-refractivity contribution is -0.150. The molecule has 0 spiro atoms. The van der Waals surface area contributed by atoms with Gasteiger partial charge in [0.15, 0.2) is 6.10 Å². The predicted molar refractivity (Wildman–Crippen MR) is 64.4 cm³/mol. The lowest BCUT2D eigenvalue weighted by atomic mass is 10.1. The van der Waals surface area contributed by atoms with Crippen molar-refractivity contribution >= 4 is 5.97 Å². The van der Waals surface area contributed by atoms with Crippen molar-refractivity contribution in [1.29, 1.82) is 0 Å². The second kappa shape index (κ2) is 6.91. The van der Waals surface area contributed by atoms with E-state index in [9.17, 15) is 4.79 Å². The molecule has 4 heteroatoms. The molecule has 0 aromatic heterocycles. The Morgan fingerprint density at radius 2 is 2.24 bits per heavy atom. The molecule has 4 nitrogen and oxygen atoms in total. The molecule has 1 N–H and O–H groups in total. The van der Waals surface area contributed by atoms with E-state index < -0.39 is 12.1 Å². The molecule has 0 aliphatic heterocycles. The Kier molecular flexibility index (Phi) is 5.49. The third kappa shape index (κ3) is 4.44. The fourth-order valence-electron chi connectivity index (χ4n) is 1.49. The molecule has 0 aliphatic carbocycles. The van der Waals surface area contributed by atoms with Crippen LogP contribution in [-0.4, -0.2) is 30.9 Å². The summed E-state index contributed by atoms with van der Waals surface area (Å²) < 4.78 is 10.4. The van der Waals surface area contributed by atoms with E-state index in [1.54, 1.807) is 7.11 Å². The van der Waals surface area contributed by atoms with E-state index in [4.69, 9.17) is 14.6 Å². The van der Waals surface area contributed by atoms with E-state index in [1.807, 2.05) is 31.2 Å². The van der Waals surface area contributed by atoms with Gasteiger partial charge in [0.2, 0.25) is 0 Å². The molecule has 17 heavy (non-hydrogen) atoms. The summed E-state index contributed by atoms with van der Waals surface area (Å²) in [6, 6.07) is 7.36. The van der Waals surface area contributed by atoms with Crippen LogP contribution >= 0.6 is 0 Å². The molecule has 0 fully saturated rings. The minimum absolute atomic E-state index is 0.354. The molecule has 0 radical (unpaired) electrons. The van der Waals surface area contributed by atoms with Crippen LogP contribution < -0.4 is 4.74 Å². The van der Waals surface area contributed by atoms with Crippen molar-refractivity contribution < 1.29 is 19.4 Å². The van der Waals surface area contributed by atoms with Crippen molar-refractivity contribution in [1.82, 2.24) is 0 Å². The van der Waals surface area contributed by atoms with Gasteiger partial charge in [0, 0.05) is 13.0 Å². The summed E-state index contributed by atoms with van der Waals surface area (Å²) in [5, 5.41) is 9.03. The topological polar surface area (TPSA) is 55.8 Å². The lowest BCUT2D eigenvalue weighted by Crippen LogP contribution is -2.26. The van der Waals surface area contributed by atoms with Gasteiger partial charge < -0.3 is 14.6 Å². The Labute approximate surface area is 101 Å². The van der Waals surface area contributed by atoms with Gasteiger partial charge in [0.25, 0.3) is 0 Å². The smallest absolute Gasteiger partial charge is 0.333 e. The van der Waals surface area contributed by atoms with Crippen molar-refractivity contribution in [3.63, 3.8) is 0 Å². The molecule has 1 unspecified atom stereocenters. The number of methoxy groups -OCH3 is 1. The van der Waals surface area contributed by atoms with Crippen molar-refractivity contribution in [2.75, 3.05) is 13.7 Å². The van der Waals surface area contributed by atoms with Crippen LogP contribution in [0.25, 0.3) is 0 Å². The summed E-state index contributed by atoms with van der Waals surface area (Å²) >= 11 is 0. The molecule has 0 heterocycles. The van der Waals surface area contributed by atoms with Crippen LogP contribution in [0.2, 0.25) is 0 Å². The Morgan fingerprint density at radius 3 is 2.82 bits per heavy atom. The van der Waals surface area contributed by atoms with E-state index in [2.05, 4.69) is 0 Å². The molecular formula is C13H18O4. The molecule has 0 aliphatic rings. The van der Waals surface area contributed by atoms with Crippen molar-refractivity contribution in [3.05, 3.63) is 29.8 Å². The first-order valence-electron chi connectivity index (χ1n) is 5.64. The van der Waals surface area contributed by atoms with E-state index in [-0.39, 0.29) is 0 Å². The maximum Gasteiger partial charge on any atom is 0.333 e. The number of carbonyl (C=O) groups is 1. The van der Waals surface area contributed by atoms with Crippen LogP contribution in [0.3, 0.4) is 0 Å². The first kappa shape index (κ1) is 13.5. The molecule has 0 saturated heterocycles. The molecule has 0 amide bonds. The van der Waals surface area contributed by atoms with E-state index >= 15 is 0 Å². The number of ether oxygens (including phenoxy) is 2. The van der Waals surface area contributed by atoms with Gasteiger partial charge in [-0.2, -0.15) is 0 Å². The van der Waals surface area contributed by atoms with Gasteiger partial charge in [-0.25, -0.2) is 4.79 Å². The van der Waals surface area contributed by atoms with Gasteiger partial charge in [-0.05, 0) is 24.1 Å². The number of carboxylic acids is 1. The van der Waals surface area contributed by atoms with Crippen molar-refractivity contribution in [3.8, 4) is 5.75 Å². The van der Waals surface area contributed by atoms with E-state index in [0.29, 0.717) is 13.0 Å². The molecule has 1 aromatic carbocycles. The van der Waals surface area contributed by atoms with E-state index in [0.717, 1.165) is 17.7 Å². The second-order valence-corrected chi connectivity index (χ2v) is 3.75. The predicted octanol–water partition coefficient (Wildman–Crippen LogP) is 2.12. The Bertz CT molecular complexity index is 362. The highest BCUT2D eigenvalue weighted by molar-refractivity contribution is 5.72. The summed E-state index contributed by atoms with van der Waals surface area (Å²) in [6.07, 6.45) is 0.371. The van der Waals surface area contributed by atoms with Crippen molar-refractivity contribution in [2.24, 2.45) is 0 Å². The summed E-state index contributed by atoms with van der Waals surface area (Å²) in [7, 11) is 1.58. The monoisotopic (exact) mass is 238 g/mol. The fraction of sp³-hybridized carbons (Fsp3) is 0.462. The van der Waals surface area contributed by atoms with Gasteiger partial charge >= 0.3 is 5.97 Å². The Morgan fingerprint density at radius 1 is 1.47 bits per heavy atom. The third-order valence-corrected chi connectivity index (χ3v) is 2.35. The second-order valence-electron chi connectivity index (χ2n) is 3.75. The first-order chi connectivity index (χ1) is 8.17. The average Bonchev–Trinajstić information content (AvgIpc) is 2.34. The molecule has 1 aromatic rings. The SMILES string of the molecule is CCCOC(Cc1cccc(OC)c1)C(=O)O. The lowest BCUT2D eigenvalue weighted by Gasteiger charge is -2.13. The molecule has 0 bridgehead atoms. The zero-order valence-corrected chi connectivity index (χ0v) is 10.2. The van der Waals surface area contributed by atoms with Crippen LogP contribution in [0.4, 0.5) is 0 Å². The third-order valence-electron chi connectivity index (χ3n) is 2.35. The highest BCUT2D eigenvalue weighted by Crippen LogP contribution is 2.15. The Hall–Kier alpha value is -1.55. The highest BCUT2D eigenvalue weighted by Gasteiger charge is 2.18. The van der Waals surface area contributed by atoms with Crippen LogP contribution in [0.5, 0.6) is 5.75 Å². The standard InChI is InChI=1S/C13H18O4/c1-3-7-17-12(13(14)15)9-10-5-4-6-11(8-10)16-2/h4-6,8,12H,3,7,9H2,1-2H3,(H,14,15). The molecule has 0 saturated carbocycles. The zero-order chi connectivity index (χ0) is 12.7. The number of hydrogen-bond donors (Lipinski definition) is 1. The Balaban J connectivity index is 2.67. The normalized spacial score (nSPS) is 12.1. The number of rotatable bonds is 7. The molecule has 1 rings (SSSR count). The van der Waals surface area contributed by atoms with Gasteiger partial charge in [-0.3, -0.25) is 0 Å². The van der Waals surface area contributed by atoms with E-state index in [1.165, 1.54) is 0 Å². The first-order valence-corrected chi connectivity index (χ1v) is 5.64. The van der Waals surface area contributed by atoms with Gasteiger partial charge in [-0.1, -0.05) is 19.1 Å². The quantitative estimate of drug-likeness (QED) is 0.790. The summed E-state index contributed by atoms with van der Waals surface area (Å²) in [6.45, 7) is 2.41. The number of carboxylic acid groups (broad SMARTS) is 1. The molecule has 94 valence electrons. The minimum atomic E-state index is -0.929. The molecule has 1 atom stereocenters. The largest absolute Gasteiger partial charge is 0.497 e. The van der Waals surface area contributed by atoms with Crippen LogP contribution in [-0.2, 0) is 16.0 Å². The summed E-state index contributed by atoms with van der Waals surface area (Å²) in [4.78, 5) is 11.0. The summed E-state index contributed by atoms with van der Waals surface area (Å²) in [5.74, 6) is -0.205. The summed E-state index contributed by atoms with van der Waals surface area (Å²) in [5.41, 5.74) is 0.896. The van der Waals surface area contributed by atoms with Gasteiger partial charge in [-0.15, -0.1) is 0 Å². The minimum Gasteiger partial charge on any atom is -0.497 e. The van der Waals surface area contributed by atoms with Gasteiger partial charge in [0.1, 0.15) is 5.75 Å². The molecular weight excluding hydrogens is 220 g/mol. The maximum absolute atomic E-state index is 11.0. The van der Waals surface area contributed by atoms with Crippen LogP contribution in [0, 0.1) is 0 Å². The number of hydrogen-bond acceptors (Lipinski definition) is 3. The maximum atomic E-state index is 11.0. The number of aliphatic carboxylic acids is 1. The zero-order valence-electron chi connectivity index (χ0n) is 10.2. The van der Waals surface area contributed by atoms with Gasteiger partial charge in [0.05, 0.1) is 7.11 Å².